The van der Waals surface area contributed by atoms with Crippen LogP contribution in [0.5, 0.6) is 0 Å². The van der Waals surface area contributed by atoms with Crippen molar-refractivity contribution in [2.45, 2.75) is 40.2 Å². The standard InChI is InChI=1S/C17H30N6O3S/c1-4-23-15(3)17(14(2)19-23)18-16(24)13-20-9-11-22(12-10-20)27(25,26)21-7-5-6-8-21/h4-13H2,1-3H3,(H,18,24). The van der Waals surface area contributed by atoms with E-state index in [1.165, 1.54) is 0 Å². The highest BCUT2D eigenvalue weighted by atomic mass is 32.2. The molecule has 2 saturated heterocycles. The Bertz CT molecular complexity index is 777. The maximum atomic E-state index is 12.6. The molecule has 0 atom stereocenters. The molecule has 0 radical (unpaired) electrons. The van der Waals surface area contributed by atoms with Gasteiger partial charge in [0, 0.05) is 45.8 Å². The number of amides is 1. The number of piperazine rings is 1. The summed E-state index contributed by atoms with van der Waals surface area (Å²) in [6.45, 7) is 10.1. The molecule has 1 amide bonds. The number of aromatic nitrogens is 2. The normalized spacial score (nSPS) is 20.3. The van der Waals surface area contributed by atoms with Gasteiger partial charge < -0.3 is 5.32 Å². The fourth-order valence-corrected chi connectivity index (χ4v) is 5.44. The molecule has 9 nitrogen and oxygen atoms in total. The van der Waals surface area contributed by atoms with Gasteiger partial charge in [-0.1, -0.05) is 0 Å². The van der Waals surface area contributed by atoms with Crippen LogP contribution in [0.2, 0.25) is 0 Å². The molecule has 0 bridgehead atoms. The molecule has 1 aromatic rings. The van der Waals surface area contributed by atoms with Crippen molar-refractivity contribution in [3.8, 4) is 0 Å². The van der Waals surface area contributed by atoms with Crippen LogP contribution in [0.1, 0.15) is 31.2 Å². The number of rotatable bonds is 6. The second-order valence-electron chi connectivity index (χ2n) is 7.20. The average molecular weight is 399 g/mol. The predicted molar refractivity (Wildman–Crippen MR) is 104 cm³/mol. The summed E-state index contributed by atoms with van der Waals surface area (Å²) in [6, 6.07) is 0. The quantitative estimate of drug-likeness (QED) is 0.750. The first-order valence-corrected chi connectivity index (χ1v) is 11.0. The van der Waals surface area contributed by atoms with E-state index >= 15 is 0 Å². The largest absolute Gasteiger partial charge is 0.322 e. The third-order valence-electron chi connectivity index (χ3n) is 5.36. The molecule has 27 heavy (non-hydrogen) atoms. The number of nitrogens with one attached hydrogen (secondary N) is 1. The lowest BCUT2D eigenvalue weighted by atomic mass is 10.3. The van der Waals surface area contributed by atoms with Gasteiger partial charge in [-0.15, -0.1) is 0 Å². The first-order chi connectivity index (χ1) is 12.8. The van der Waals surface area contributed by atoms with Crippen LogP contribution in [0, 0.1) is 13.8 Å². The van der Waals surface area contributed by atoms with Crippen molar-refractivity contribution in [1.29, 1.82) is 0 Å². The van der Waals surface area contributed by atoms with E-state index in [1.807, 2.05) is 30.4 Å². The Hall–Kier alpha value is -1.49. The van der Waals surface area contributed by atoms with Gasteiger partial charge in [-0.2, -0.15) is 22.1 Å². The number of aryl methyl sites for hydroxylation is 2. The summed E-state index contributed by atoms with van der Waals surface area (Å²) in [6.07, 6.45) is 1.87. The lowest BCUT2D eigenvalue weighted by Gasteiger charge is -2.35. The Balaban J connectivity index is 1.52. The Morgan fingerprint density at radius 1 is 1.04 bits per heavy atom. The minimum atomic E-state index is -3.35. The van der Waals surface area contributed by atoms with Crippen LogP contribution in [-0.4, -0.2) is 83.4 Å². The number of anilines is 1. The van der Waals surface area contributed by atoms with Crippen LogP contribution in [0.25, 0.3) is 0 Å². The van der Waals surface area contributed by atoms with Gasteiger partial charge in [-0.3, -0.25) is 14.4 Å². The second-order valence-corrected chi connectivity index (χ2v) is 9.13. The molecule has 152 valence electrons. The summed E-state index contributed by atoms with van der Waals surface area (Å²) in [5, 5.41) is 7.38. The third kappa shape index (κ3) is 4.34. The zero-order valence-corrected chi connectivity index (χ0v) is 17.3. The Kier molecular flexibility index (Phi) is 6.19. The fraction of sp³-hybridized carbons (Fsp3) is 0.765. The van der Waals surface area contributed by atoms with Gasteiger partial charge in [0.1, 0.15) is 0 Å². The minimum Gasteiger partial charge on any atom is -0.322 e. The first kappa shape index (κ1) is 20.2. The van der Waals surface area contributed by atoms with E-state index in [0.29, 0.717) is 39.3 Å². The average Bonchev–Trinajstić information content (AvgIpc) is 3.27. The van der Waals surface area contributed by atoms with E-state index in [0.717, 1.165) is 36.5 Å². The van der Waals surface area contributed by atoms with Crippen molar-refractivity contribution in [3.05, 3.63) is 11.4 Å². The van der Waals surface area contributed by atoms with Gasteiger partial charge in [-0.25, -0.2) is 0 Å². The Morgan fingerprint density at radius 3 is 2.19 bits per heavy atom. The first-order valence-electron chi connectivity index (χ1n) is 9.64. The third-order valence-corrected chi connectivity index (χ3v) is 7.40. The number of carbonyl (C=O) groups excluding carboxylic acids is 1. The monoisotopic (exact) mass is 398 g/mol. The number of nitrogens with zero attached hydrogens (tertiary/aromatic N) is 5. The summed E-state index contributed by atoms with van der Waals surface area (Å²) in [7, 11) is -3.35. The number of carbonyl (C=O) groups is 1. The number of hydrogen-bond donors (Lipinski definition) is 1. The summed E-state index contributed by atoms with van der Waals surface area (Å²) >= 11 is 0. The van der Waals surface area contributed by atoms with Gasteiger partial charge in [-0.05, 0) is 33.6 Å². The van der Waals surface area contributed by atoms with E-state index in [-0.39, 0.29) is 12.5 Å². The maximum absolute atomic E-state index is 12.6. The highest BCUT2D eigenvalue weighted by Crippen LogP contribution is 2.20. The molecular formula is C17H30N6O3S. The maximum Gasteiger partial charge on any atom is 0.282 e. The van der Waals surface area contributed by atoms with Crippen LogP contribution in [0.3, 0.4) is 0 Å². The predicted octanol–water partition coefficient (Wildman–Crippen LogP) is 0.417. The molecule has 2 fully saturated rings. The summed E-state index contributed by atoms with van der Waals surface area (Å²) in [5.41, 5.74) is 2.53. The van der Waals surface area contributed by atoms with Crippen LogP contribution in [0.15, 0.2) is 0 Å². The summed E-state index contributed by atoms with van der Waals surface area (Å²) in [5.74, 6) is -0.0901. The van der Waals surface area contributed by atoms with E-state index < -0.39 is 10.2 Å². The van der Waals surface area contributed by atoms with Crippen molar-refractivity contribution < 1.29 is 13.2 Å². The van der Waals surface area contributed by atoms with E-state index in [4.69, 9.17) is 0 Å². The molecule has 3 heterocycles. The van der Waals surface area contributed by atoms with Crippen molar-refractivity contribution >= 4 is 21.8 Å². The molecule has 0 saturated carbocycles. The van der Waals surface area contributed by atoms with Gasteiger partial charge in [0.2, 0.25) is 5.91 Å². The molecular weight excluding hydrogens is 368 g/mol. The zero-order chi connectivity index (χ0) is 19.6. The van der Waals surface area contributed by atoms with Gasteiger partial charge in [0.25, 0.3) is 10.2 Å². The SMILES string of the molecule is CCn1nc(C)c(NC(=O)CN2CCN(S(=O)(=O)N3CCCC3)CC2)c1C. The molecule has 0 spiro atoms. The van der Waals surface area contributed by atoms with E-state index in [1.54, 1.807) is 8.61 Å². The molecule has 0 unspecified atom stereocenters. The topological polar surface area (TPSA) is 90.8 Å². The van der Waals surface area contributed by atoms with Gasteiger partial charge in [0.15, 0.2) is 0 Å². The highest BCUT2D eigenvalue weighted by molar-refractivity contribution is 7.86. The Labute approximate surface area is 161 Å². The van der Waals surface area contributed by atoms with E-state index in [9.17, 15) is 13.2 Å². The molecule has 10 heteroatoms. The lowest BCUT2D eigenvalue weighted by Crippen LogP contribution is -2.53. The zero-order valence-electron chi connectivity index (χ0n) is 16.4. The highest BCUT2D eigenvalue weighted by Gasteiger charge is 2.34. The molecule has 0 aromatic carbocycles. The smallest absolute Gasteiger partial charge is 0.282 e. The molecule has 1 aromatic heterocycles. The fourth-order valence-electron chi connectivity index (χ4n) is 3.77. The van der Waals surface area contributed by atoms with Crippen LogP contribution >= 0.6 is 0 Å². The summed E-state index contributed by atoms with van der Waals surface area (Å²) in [4.78, 5) is 14.4. The molecule has 0 aliphatic carbocycles. The van der Waals surface area contributed by atoms with E-state index in [2.05, 4.69) is 10.4 Å². The van der Waals surface area contributed by atoms with Crippen LogP contribution < -0.4 is 5.32 Å². The molecule has 3 rings (SSSR count). The minimum absolute atomic E-state index is 0.0901. The number of hydrogen-bond acceptors (Lipinski definition) is 5. The lowest BCUT2D eigenvalue weighted by molar-refractivity contribution is -0.117. The Morgan fingerprint density at radius 2 is 1.63 bits per heavy atom. The summed E-state index contributed by atoms with van der Waals surface area (Å²) < 4.78 is 30.2. The van der Waals surface area contributed by atoms with Crippen molar-refractivity contribution in [2.75, 3.05) is 51.1 Å². The van der Waals surface area contributed by atoms with Crippen molar-refractivity contribution in [3.63, 3.8) is 0 Å². The van der Waals surface area contributed by atoms with Crippen LogP contribution in [0.4, 0.5) is 5.69 Å². The molecule has 2 aliphatic rings. The second kappa shape index (κ2) is 8.26. The van der Waals surface area contributed by atoms with Crippen molar-refractivity contribution in [1.82, 2.24) is 23.3 Å². The van der Waals surface area contributed by atoms with Gasteiger partial charge in [0.05, 0.1) is 23.6 Å². The van der Waals surface area contributed by atoms with Crippen molar-refractivity contribution in [2.24, 2.45) is 0 Å². The molecule has 1 N–H and O–H groups in total. The van der Waals surface area contributed by atoms with Gasteiger partial charge >= 0.3 is 0 Å². The molecule has 2 aliphatic heterocycles. The van der Waals surface area contributed by atoms with Crippen LogP contribution in [-0.2, 0) is 21.5 Å².